The average molecular weight is 342 g/mol. The number of hydrogen-bond donors (Lipinski definition) is 0. The van der Waals surface area contributed by atoms with Crippen molar-refractivity contribution >= 4 is 23.1 Å². The fourth-order valence-electron chi connectivity index (χ4n) is 2.19. The Kier molecular flexibility index (Phi) is 4.98. The van der Waals surface area contributed by atoms with Crippen LogP contribution in [0.1, 0.15) is 30.2 Å². The highest BCUT2D eigenvalue weighted by molar-refractivity contribution is 7.98. The number of thiazole rings is 1. The van der Waals surface area contributed by atoms with Gasteiger partial charge in [0.2, 0.25) is 0 Å². The zero-order valence-corrected chi connectivity index (χ0v) is 14.7. The maximum Gasteiger partial charge on any atom is 0.251 e. The Hall–Kier alpha value is -1.85. The van der Waals surface area contributed by atoms with Crippen LogP contribution in [0.5, 0.6) is 0 Å². The number of hydrogen-bond acceptors (Lipinski definition) is 4. The van der Waals surface area contributed by atoms with E-state index in [2.05, 4.69) is 43.1 Å². The maximum absolute atomic E-state index is 11.6. The van der Waals surface area contributed by atoms with E-state index < -0.39 is 0 Å². The molecule has 0 fully saturated rings. The molecular formula is C18H18N2OS2. The van der Waals surface area contributed by atoms with Crippen LogP contribution in [0.3, 0.4) is 0 Å². The zero-order valence-electron chi connectivity index (χ0n) is 13.1. The molecule has 0 aliphatic carbocycles. The summed E-state index contributed by atoms with van der Waals surface area (Å²) in [5, 5.41) is 13.4. The molecule has 1 aromatic carbocycles. The first kappa shape index (κ1) is 16.0. The van der Waals surface area contributed by atoms with Crippen LogP contribution in [0, 0.1) is 5.21 Å². The molecule has 2 aromatic heterocycles. The highest BCUT2D eigenvalue weighted by Crippen LogP contribution is 2.30. The minimum Gasteiger partial charge on any atom is -0.618 e. The van der Waals surface area contributed by atoms with Crippen LogP contribution in [-0.4, -0.2) is 4.98 Å². The Bertz CT molecular complexity index is 782. The van der Waals surface area contributed by atoms with Crippen molar-refractivity contribution in [3.63, 3.8) is 0 Å². The molecule has 0 spiro atoms. The molecule has 3 aromatic rings. The third-order valence-electron chi connectivity index (χ3n) is 3.53. The molecule has 23 heavy (non-hydrogen) atoms. The van der Waals surface area contributed by atoms with Gasteiger partial charge in [0.15, 0.2) is 6.20 Å². The van der Waals surface area contributed by atoms with Gasteiger partial charge in [-0.05, 0) is 17.5 Å². The van der Waals surface area contributed by atoms with E-state index in [9.17, 15) is 5.21 Å². The average Bonchev–Trinajstić information content (AvgIpc) is 3.03. The lowest BCUT2D eigenvalue weighted by Gasteiger charge is -2.05. The molecule has 0 unspecified atom stereocenters. The molecule has 0 aliphatic rings. The molecule has 0 bridgehead atoms. The van der Waals surface area contributed by atoms with Gasteiger partial charge in [-0.15, -0.1) is 11.3 Å². The zero-order chi connectivity index (χ0) is 16.2. The van der Waals surface area contributed by atoms with Gasteiger partial charge in [0.25, 0.3) is 5.03 Å². The number of benzene rings is 1. The van der Waals surface area contributed by atoms with Crippen molar-refractivity contribution in [1.82, 2.24) is 4.98 Å². The standard InChI is InChI=1S/C18H18N2OS2/c1-13(2)14-6-8-15(9-7-14)18-19-11-16(23-18)12-22-17-5-3-4-10-20(17)21/h3-11,13H,12H2,1-2H3. The van der Waals surface area contributed by atoms with Crippen molar-refractivity contribution in [2.45, 2.75) is 30.5 Å². The predicted octanol–water partition coefficient (Wildman–Crippen LogP) is 4.86. The van der Waals surface area contributed by atoms with E-state index in [-0.39, 0.29) is 0 Å². The van der Waals surface area contributed by atoms with E-state index in [1.165, 1.54) is 28.4 Å². The summed E-state index contributed by atoms with van der Waals surface area (Å²) in [6.45, 7) is 4.39. The molecule has 0 atom stereocenters. The first-order valence-corrected chi connectivity index (χ1v) is 9.29. The molecule has 118 valence electrons. The van der Waals surface area contributed by atoms with Gasteiger partial charge in [-0.2, -0.15) is 4.73 Å². The Morgan fingerprint density at radius 2 is 1.96 bits per heavy atom. The molecule has 0 aliphatic heterocycles. The summed E-state index contributed by atoms with van der Waals surface area (Å²) in [6.07, 6.45) is 3.43. The topological polar surface area (TPSA) is 39.8 Å². The van der Waals surface area contributed by atoms with Crippen LogP contribution in [0.2, 0.25) is 0 Å². The number of thioether (sulfide) groups is 1. The number of aromatic nitrogens is 2. The summed E-state index contributed by atoms with van der Waals surface area (Å²) in [5.41, 5.74) is 2.49. The molecule has 0 amide bonds. The van der Waals surface area contributed by atoms with Crippen molar-refractivity contribution in [2.75, 3.05) is 0 Å². The van der Waals surface area contributed by atoms with E-state index in [4.69, 9.17) is 0 Å². The Balaban J connectivity index is 1.69. The van der Waals surface area contributed by atoms with Crippen LogP contribution in [-0.2, 0) is 5.75 Å². The molecule has 0 saturated heterocycles. The first-order valence-electron chi connectivity index (χ1n) is 7.49. The molecule has 0 N–H and O–H groups in total. The number of rotatable bonds is 5. The molecular weight excluding hydrogens is 324 g/mol. The lowest BCUT2D eigenvalue weighted by molar-refractivity contribution is -0.645. The van der Waals surface area contributed by atoms with Crippen LogP contribution in [0.4, 0.5) is 0 Å². The lowest BCUT2D eigenvalue weighted by atomic mass is 10.0. The van der Waals surface area contributed by atoms with Crippen LogP contribution < -0.4 is 4.73 Å². The smallest absolute Gasteiger partial charge is 0.251 e. The summed E-state index contributed by atoms with van der Waals surface area (Å²) < 4.78 is 0.900. The molecule has 0 saturated carbocycles. The van der Waals surface area contributed by atoms with E-state index in [0.29, 0.717) is 10.9 Å². The molecule has 3 nitrogen and oxygen atoms in total. The number of nitrogens with zero attached hydrogens (tertiary/aromatic N) is 2. The third-order valence-corrected chi connectivity index (χ3v) is 5.83. The van der Waals surface area contributed by atoms with Gasteiger partial charge in [-0.1, -0.05) is 49.9 Å². The summed E-state index contributed by atoms with van der Waals surface area (Å²) >= 11 is 3.22. The second-order valence-corrected chi connectivity index (χ2v) is 7.67. The normalized spacial score (nSPS) is 11.1. The summed E-state index contributed by atoms with van der Waals surface area (Å²) in [7, 11) is 0. The Morgan fingerprint density at radius 1 is 1.17 bits per heavy atom. The van der Waals surface area contributed by atoms with Crippen molar-refractivity contribution in [1.29, 1.82) is 0 Å². The van der Waals surface area contributed by atoms with Crippen LogP contribution in [0.15, 0.2) is 59.9 Å². The van der Waals surface area contributed by atoms with E-state index in [1.807, 2.05) is 18.3 Å². The summed E-state index contributed by atoms with van der Waals surface area (Å²) in [6, 6.07) is 14.1. The fraction of sp³-hybridized carbons (Fsp3) is 0.222. The highest BCUT2D eigenvalue weighted by atomic mass is 32.2. The molecule has 2 heterocycles. The van der Waals surface area contributed by atoms with Crippen LogP contribution >= 0.6 is 23.1 Å². The third kappa shape index (κ3) is 3.92. The van der Waals surface area contributed by atoms with Crippen molar-refractivity contribution in [3.05, 3.63) is 70.5 Å². The fourth-order valence-corrected chi connectivity index (χ4v) is 4.04. The van der Waals surface area contributed by atoms with Crippen LogP contribution in [0.25, 0.3) is 10.6 Å². The summed E-state index contributed by atoms with van der Waals surface area (Å²) in [4.78, 5) is 5.68. The van der Waals surface area contributed by atoms with Crippen molar-refractivity contribution in [3.8, 4) is 10.6 Å². The highest BCUT2D eigenvalue weighted by Gasteiger charge is 2.09. The van der Waals surface area contributed by atoms with Gasteiger partial charge in [-0.3, -0.25) is 0 Å². The quantitative estimate of drug-likeness (QED) is 0.378. The molecule has 3 rings (SSSR count). The first-order chi connectivity index (χ1) is 11.1. The minimum absolute atomic E-state index is 0.539. The largest absolute Gasteiger partial charge is 0.618 e. The van der Waals surface area contributed by atoms with Gasteiger partial charge >= 0.3 is 0 Å². The van der Waals surface area contributed by atoms with Gasteiger partial charge in [0, 0.05) is 34.5 Å². The van der Waals surface area contributed by atoms with Gasteiger partial charge < -0.3 is 5.21 Å². The van der Waals surface area contributed by atoms with E-state index in [0.717, 1.165) is 21.1 Å². The molecule has 5 heteroatoms. The second kappa shape index (κ2) is 7.15. The molecule has 0 radical (unpaired) electrons. The maximum atomic E-state index is 11.6. The predicted molar refractivity (Wildman–Crippen MR) is 96.6 cm³/mol. The van der Waals surface area contributed by atoms with E-state index >= 15 is 0 Å². The minimum atomic E-state index is 0.539. The van der Waals surface area contributed by atoms with Crippen molar-refractivity contribution < 1.29 is 4.73 Å². The van der Waals surface area contributed by atoms with Gasteiger partial charge in [0.1, 0.15) is 5.01 Å². The Labute approximate surface area is 144 Å². The van der Waals surface area contributed by atoms with Gasteiger partial charge in [-0.25, -0.2) is 4.98 Å². The van der Waals surface area contributed by atoms with E-state index in [1.54, 1.807) is 17.4 Å². The lowest BCUT2D eigenvalue weighted by Crippen LogP contribution is -2.27. The number of pyridine rings is 1. The van der Waals surface area contributed by atoms with Crippen molar-refractivity contribution in [2.24, 2.45) is 0 Å². The summed E-state index contributed by atoms with van der Waals surface area (Å²) in [5.74, 6) is 1.30. The second-order valence-electron chi connectivity index (χ2n) is 5.56. The van der Waals surface area contributed by atoms with Gasteiger partial charge in [0.05, 0.1) is 0 Å². The Morgan fingerprint density at radius 3 is 2.65 bits per heavy atom. The SMILES string of the molecule is CC(C)c1ccc(-c2ncc(CSc3cccc[n+]3[O-])s2)cc1. The monoisotopic (exact) mass is 342 g/mol.